The van der Waals surface area contributed by atoms with Gasteiger partial charge in [-0.25, -0.2) is 8.42 Å². The van der Waals surface area contributed by atoms with Crippen LogP contribution in [-0.4, -0.2) is 8.42 Å². The van der Waals surface area contributed by atoms with Crippen LogP contribution in [0.15, 0.2) is 57.9 Å². The zero-order valence-corrected chi connectivity index (χ0v) is 13.8. The number of hydrogen-bond donors (Lipinski definition) is 1. The van der Waals surface area contributed by atoms with Gasteiger partial charge in [-0.05, 0) is 45.8 Å². The van der Waals surface area contributed by atoms with E-state index in [2.05, 4.69) is 36.6 Å². The molecule has 2 aromatic rings. The summed E-state index contributed by atoms with van der Waals surface area (Å²) in [6.45, 7) is 0. The number of benzene rings is 2. The predicted octanol–water partition coefficient (Wildman–Crippen LogP) is 4.14. The molecule has 6 heteroatoms. The van der Waals surface area contributed by atoms with Gasteiger partial charge in [-0.1, -0.05) is 40.2 Å². The van der Waals surface area contributed by atoms with E-state index in [0.717, 1.165) is 5.56 Å². The van der Waals surface area contributed by atoms with Crippen molar-refractivity contribution in [2.75, 3.05) is 4.72 Å². The van der Waals surface area contributed by atoms with Crippen LogP contribution in [0.2, 0.25) is 0 Å². The molecule has 0 amide bonds. The molecule has 0 radical (unpaired) electrons. The van der Waals surface area contributed by atoms with Crippen molar-refractivity contribution < 1.29 is 8.42 Å². The number of hydrogen-bond acceptors (Lipinski definition) is 2. The molecule has 19 heavy (non-hydrogen) atoms. The van der Waals surface area contributed by atoms with Gasteiger partial charge in [0, 0.05) is 15.5 Å². The zero-order chi connectivity index (χ0) is 13.9. The lowest BCUT2D eigenvalue weighted by molar-refractivity contribution is 0.601. The second kappa shape index (κ2) is 6.07. The third-order valence-electron chi connectivity index (χ3n) is 2.46. The molecule has 0 atom stereocenters. The summed E-state index contributed by atoms with van der Waals surface area (Å²) in [6.07, 6.45) is 0. The molecule has 0 aliphatic heterocycles. The molecule has 0 fully saturated rings. The largest absolute Gasteiger partial charge is 0.280 e. The van der Waals surface area contributed by atoms with Crippen molar-refractivity contribution in [3.8, 4) is 0 Å². The lowest BCUT2D eigenvalue weighted by Gasteiger charge is -2.10. The summed E-state index contributed by atoms with van der Waals surface area (Å²) in [4.78, 5) is 0.222. The third-order valence-corrected chi connectivity index (χ3v) is 5.50. The minimum atomic E-state index is -3.58. The molecule has 1 N–H and O–H groups in total. The number of nitrogens with one attached hydrogen (secondary N) is 1. The van der Waals surface area contributed by atoms with Crippen molar-refractivity contribution in [3.63, 3.8) is 0 Å². The summed E-state index contributed by atoms with van der Waals surface area (Å²) in [5.41, 5.74) is 1.56. The first-order chi connectivity index (χ1) is 9.03. The van der Waals surface area contributed by atoms with E-state index >= 15 is 0 Å². The van der Waals surface area contributed by atoms with Crippen molar-refractivity contribution in [2.24, 2.45) is 0 Å². The highest BCUT2D eigenvalue weighted by atomic mass is 79.9. The van der Waals surface area contributed by atoms with E-state index in [0.29, 0.717) is 15.5 Å². The maximum Gasteiger partial charge on any atom is 0.263 e. The van der Waals surface area contributed by atoms with Crippen molar-refractivity contribution in [3.05, 3.63) is 58.6 Å². The maximum atomic E-state index is 12.3. The Morgan fingerprint density at radius 1 is 1.05 bits per heavy atom. The smallest absolute Gasteiger partial charge is 0.263 e. The molecule has 2 rings (SSSR count). The molecule has 0 aliphatic rings. The zero-order valence-electron chi connectivity index (χ0n) is 9.81. The van der Waals surface area contributed by atoms with E-state index in [4.69, 9.17) is 0 Å². The van der Waals surface area contributed by atoms with E-state index in [9.17, 15) is 8.42 Å². The van der Waals surface area contributed by atoms with E-state index in [1.165, 1.54) is 0 Å². The van der Waals surface area contributed by atoms with Crippen molar-refractivity contribution >= 4 is 47.6 Å². The van der Waals surface area contributed by atoms with Gasteiger partial charge in [-0.2, -0.15) is 0 Å². The van der Waals surface area contributed by atoms with E-state index in [-0.39, 0.29) is 4.90 Å². The topological polar surface area (TPSA) is 46.2 Å². The fourth-order valence-electron chi connectivity index (χ4n) is 1.59. The first-order valence-electron chi connectivity index (χ1n) is 5.45. The molecule has 0 unspecified atom stereocenters. The van der Waals surface area contributed by atoms with Gasteiger partial charge in [-0.3, -0.25) is 4.72 Å². The molecule has 0 spiro atoms. The average Bonchev–Trinajstić information content (AvgIpc) is 2.38. The van der Waals surface area contributed by atoms with Gasteiger partial charge >= 0.3 is 0 Å². The van der Waals surface area contributed by atoms with Gasteiger partial charge in [0.05, 0.1) is 0 Å². The summed E-state index contributed by atoms with van der Waals surface area (Å²) in [6, 6.07) is 14.0. The third kappa shape index (κ3) is 3.58. The van der Waals surface area contributed by atoms with Crippen LogP contribution < -0.4 is 4.72 Å². The highest BCUT2D eigenvalue weighted by Crippen LogP contribution is 2.24. The lowest BCUT2D eigenvalue weighted by Crippen LogP contribution is -2.13. The summed E-state index contributed by atoms with van der Waals surface area (Å²) in [5, 5.41) is 0.678. The number of rotatable bonds is 4. The molecular formula is C13H11Br2NO2S. The Balaban J connectivity index is 2.34. The molecule has 0 heterocycles. The quantitative estimate of drug-likeness (QED) is 0.778. The Morgan fingerprint density at radius 3 is 2.47 bits per heavy atom. The minimum absolute atomic E-state index is 0.222. The van der Waals surface area contributed by atoms with Crippen LogP contribution in [0, 0.1) is 0 Å². The molecule has 0 aliphatic carbocycles. The second-order valence-electron chi connectivity index (χ2n) is 3.87. The Bertz CT molecular complexity index is 687. The molecule has 2 aromatic carbocycles. The SMILES string of the molecule is O=S(=O)(Nc1cccc(CBr)c1)c1ccccc1Br. The molecule has 100 valence electrons. The van der Waals surface area contributed by atoms with Gasteiger partial charge in [0.15, 0.2) is 0 Å². The number of sulfonamides is 1. The summed E-state index contributed by atoms with van der Waals surface area (Å²) < 4.78 is 27.7. The first-order valence-corrected chi connectivity index (χ1v) is 8.85. The summed E-state index contributed by atoms with van der Waals surface area (Å²) in [5.74, 6) is 0. The fraction of sp³-hybridized carbons (Fsp3) is 0.0769. The monoisotopic (exact) mass is 403 g/mol. The van der Waals surface area contributed by atoms with Gasteiger partial charge in [0.2, 0.25) is 0 Å². The van der Waals surface area contributed by atoms with Gasteiger partial charge in [0.1, 0.15) is 4.90 Å². The van der Waals surface area contributed by atoms with E-state index < -0.39 is 10.0 Å². The van der Waals surface area contributed by atoms with Crippen molar-refractivity contribution in [1.82, 2.24) is 0 Å². The summed E-state index contributed by atoms with van der Waals surface area (Å²) >= 11 is 6.59. The normalized spacial score (nSPS) is 11.3. The molecule has 3 nitrogen and oxygen atoms in total. The lowest BCUT2D eigenvalue weighted by atomic mass is 10.2. The number of alkyl halides is 1. The van der Waals surface area contributed by atoms with Crippen LogP contribution in [0.5, 0.6) is 0 Å². The highest BCUT2D eigenvalue weighted by Gasteiger charge is 2.17. The number of halogens is 2. The molecule has 0 aromatic heterocycles. The van der Waals surface area contributed by atoms with Crippen LogP contribution in [0.1, 0.15) is 5.56 Å². The standard InChI is InChI=1S/C13H11Br2NO2S/c14-9-10-4-3-5-11(8-10)16-19(17,18)13-7-2-1-6-12(13)15/h1-8,16H,9H2. The highest BCUT2D eigenvalue weighted by molar-refractivity contribution is 9.10. The molecule has 0 saturated carbocycles. The fourth-order valence-corrected chi connectivity index (χ4v) is 3.99. The van der Waals surface area contributed by atoms with E-state index in [1.54, 1.807) is 36.4 Å². The predicted molar refractivity (Wildman–Crippen MR) is 84.0 cm³/mol. The average molecular weight is 405 g/mol. The molecule has 0 bridgehead atoms. The van der Waals surface area contributed by atoms with Crippen LogP contribution in [0.3, 0.4) is 0 Å². The van der Waals surface area contributed by atoms with E-state index in [1.807, 2.05) is 12.1 Å². The Kier molecular flexibility index (Phi) is 4.65. The molecule has 0 saturated heterocycles. The van der Waals surface area contributed by atoms with Crippen molar-refractivity contribution in [1.29, 1.82) is 0 Å². The second-order valence-corrected chi connectivity index (χ2v) is 6.94. The molecular weight excluding hydrogens is 394 g/mol. The number of anilines is 1. The minimum Gasteiger partial charge on any atom is -0.280 e. The Hall–Kier alpha value is -0.850. The van der Waals surface area contributed by atoms with Gasteiger partial charge in [-0.15, -0.1) is 0 Å². The van der Waals surface area contributed by atoms with Crippen LogP contribution >= 0.6 is 31.9 Å². The summed E-state index contributed by atoms with van der Waals surface area (Å²) in [7, 11) is -3.58. The maximum absolute atomic E-state index is 12.3. The first kappa shape index (κ1) is 14.6. The van der Waals surface area contributed by atoms with Crippen molar-refractivity contribution in [2.45, 2.75) is 10.2 Å². The Labute approximate surface area is 129 Å². The Morgan fingerprint density at radius 2 is 1.79 bits per heavy atom. The van der Waals surface area contributed by atoms with Gasteiger partial charge in [0.25, 0.3) is 10.0 Å². The van der Waals surface area contributed by atoms with Crippen LogP contribution in [-0.2, 0) is 15.4 Å². The van der Waals surface area contributed by atoms with Crippen LogP contribution in [0.25, 0.3) is 0 Å². The van der Waals surface area contributed by atoms with Gasteiger partial charge < -0.3 is 0 Å². The van der Waals surface area contributed by atoms with Crippen LogP contribution in [0.4, 0.5) is 5.69 Å².